The van der Waals surface area contributed by atoms with Crippen LogP contribution in [0.2, 0.25) is 0 Å². The first-order chi connectivity index (χ1) is 20.3. The summed E-state index contributed by atoms with van der Waals surface area (Å²) >= 11 is 0. The molecule has 0 bridgehead atoms. The standard InChI is InChI=1S/C37H24N4/c1-38-29-18-10-16-26-32(29)33-30(38)20-19-27-34-31(21-22-39(34)23-11-4-2-5-12-23)41(35(27)33)36-25-15-8-9-17-28(25)40(37(26)36)24-13-6-3-7-14-24/h2-22H,1H3. The Kier molecular flexibility index (Phi) is 3.84. The molecule has 10 rings (SSSR count). The third kappa shape index (κ3) is 2.47. The second-order valence-electron chi connectivity index (χ2n) is 11.1. The maximum absolute atomic E-state index is 2.56. The average Bonchev–Trinajstić information content (AvgIpc) is 3.74. The molecule has 4 heteroatoms. The SMILES string of the molecule is Cn1c2cccc3c2c2c1ccc1c4c(ccn4-c4ccccc4)n(c12)c1c2ccccc2n(-c2ccccc2)c31. The van der Waals surface area contributed by atoms with Gasteiger partial charge in [-0.2, -0.15) is 0 Å². The Morgan fingerprint density at radius 1 is 0.415 bits per heavy atom. The van der Waals surface area contributed by atoms with E-state index in [-0.39, 0.29) is 0 Å². The summed E-state index contributed by atoms with van der Waals surface area (Å²) < 4.78 is 9.74. The monoisotopic (exact) mass is 524 g/mol. The quantitative estimate of drug-likeness (QED) is 0.215. The fourth-order valence-electron chi connectivity index (χ4n) is 7.51. The molecule has 0 spiro atoms. The molecule has 4 nitrogen and oxygen atoms in total. The molecule has 192 valence electrons. The molecule has 0 aliphatic rings. The number of aryl methyl sites for hydroxylation is 1. The summed E-state index contributed by atoms with van der Waals surface area (Å²) in [7, 11) is 2.20. The Morgan fingerprint density at radius 3 is 1.93 bits per heavy atom. The summed E-state index contributed by atoms with van der Waals surface area (Å²) in [6.07, 6.45) is 2.22. The predicted octanol–water partition coefficient (Wildman–Crippen LogP) is 9.22. The fraction of sp³-hybridized carbons (Fsp3) is 0.0270. The third-order valence-corrected chi connectivity index (χ3v) is 9.13. The largest absolute Gasteiger partial charge is 0.344 e. The lowest BCUT2D eigenvalue weighted by atomic mass is 10.1. The van der Waals surface area contributed by atoms with Gasteiger partial charge < -0.3 is 18.1 Å². The Balaban J connectivity index is 1.61. The van der Waals surface area contributed by atoms with Crippen molar-refractivity contribution in [2.45, 2.75) is 0 Å². The predicted molar refractivity (Wildman–Crippen MR) is 171 cm³/mol. The lowest BCUT2D eigenvalue weighted by Gasteiger charge is -2.08. The van der Waals surface area contributed by atoms with Crippen molar-refractivity contribution in [3.05, 3.63) is 128 Å². The Labute approximate surface area is 234 Å². The van der Waals surface area contributed by atoms with E-state index in [1.54, 1.807) is 0 Å². The highest BCUT2D eigenvalue weighted by Gasteiger charge is 2.26. The zero-order valence-corrected chi connectivity index (χ0v) is 22.4. The van der Waals surface area contributed by atoms with E-state index in [0.717, 1.165) is 0 Å². The average molecular weight is 525 g/mol. The van der Waals surface area contributed by atoms with Gasteiger partial charge in [0.05, 0.1) is 38.6 Å². The Hall–Kier alpha value is -5.48. The van der Waals surface area contributed by atoms with Crippen molar-refractivity contribution in [1.82, 2.24) is 18.1 Å². The molecule has 10 aromatic rings. The number of fused-ring (bicyclic) bond motifs is 8. The van der Waals surface area contributed by atoms with Crippen LogP contribution in [0.1, 0.15) is 0 Å². The minimum Gasteiger partial charge on any atom is -0.344 e. The molecule has 0 radical (unpaired) electrons. The fourth-order valence-corrected chi connectivity index (χ4v) is 7.51. The van der Waals surface area contributed by atoms with Crippen molar-refractivity contribution in [3.8, 4) is 11.4 Å². The van der Waals surface area contributed by atoms with Crippen molar-refractivity contribution in [2.75, 3.05) is 0 Å². The van der Waals surface area contributed by atoms with Gasteiger partial charge in [-0.3, -0.25) is 0 Å². The van der Waals surface area contributed by atoms with Crippen molar-refractivity contribution < 1.29 is 0 Å². The molecule has 0 unspecified atom stereocenters. The molecule has 5 aromatic heterocycles. The molecule has 0 atom stereocenters. The van der Waals surface area contributed by atoms with Crippen LogP contribution in [0.25, 0.3) is 82.4 Å². The Morgan fingerprint density at radius 2 is 1.10 bits per heavy atom. The van der Waals surface area contributed by atoms with E-state index in [9.17, 15) is 0 Å². The van der Waals surface area contributed by atoms with Gasteiger partial charge in [0.25, 0.3) is 0 Å². The maximum Gasteiger partial charge on any atom is 0.0804 e. The summed E-state index contributed by atoms with van der Waals surface area (Å²) in [5.41, 5.74) is 12.3. The van der Waals surface area contributed by atoms with Crippen LogP contribution in [0.3, 0.4) is 0 Å². The van der Waals surface area contributed by atoms with E-state index in [1.165, 1.54) is 82.4 Å². The highest BCUT2D eigenvalue weighted by Crippen LogP contribution is 2.47. The van der Waals surface area contributed by atoms with Crippen molar-refractivity contribution in [3.63, 3.8) is 0 Å². The second kappa shape index (κ2) is 7.38. The molecule has 0 amide bonds. The van der Waals surface area contributed by atoms with Crippen LogP contribution in [0.15, 0.2) is 128 Å². The summed E-state index contributed by atoms with van der Waals surface area (Å²) in [5, 5.41) is 6.44. The smallest absolute Gasteiger partial charge is 0.0804 e. The minimum absolute atomic E-state index is 1.17. The summed E-state index contributed by atoms with van der Waals surface area (Å²) in [4.78, 5) is 0. The van der Waals surface area contributed by atoms with Crippen LogP contribution in [-0.4, -0.2) is 18.1 Å². The van der Waals surface area contributed by atoms with E-state index in [4.69, 9.17) is 0 Å². The second-order valence-corrected chi connectivity index (χ2v) is 11.1. The van der Waals surface area contributed by atoms with Gasteiger partial charge in [0.15, 0.2) is 0 Å². The zero-order chi connectivity index (χ0) is 26.8. The normalized spacial score (nSPS) is 12.5. The number of aromatic nitrogens is 4. The number of nitrogens with zero attached hydrogens (tertiary/aromatic N) is 4. The summed E-state index contributed by atoms with van der Waals surface area (Å²) in [5.74, 6) is 0. The van der Waals surface area contributed by atoms with E-state index in [1.807, 2.05) is 0 Å². The van der Waals surface area contributed by atoms with Crippen LogP contribution in [-0.2, 0) is 7.05 Å². The molecule has 0 aliphatic carbocycles. The Bertz CT molecular complexity index is 2630. The number of para-hydroxylation sites is 3. The zero-order valence-electron chi connectivity index (χ0n) is 22.4. The molecular weight excluding hydrogens is 500 g/mol. The first kappa shape index (κ1) is 21.4. The molecule has 5 aromatic carbocycles. The molecule has 0 fully saturated rings. The molecule has 41 heavy (non-hydrogen) atoms. The van der Waals surface area contributed by atoms with Gasteiger partial charge in [-0.1, -0.05) is 66.7 Å². The third-order valence-electron chi connectivity index (χ3n) is 9.13. The first-order valence-electron chi connectivity index (χ1n) is 14.1. The highest BCUT2D eigenvalue weighted by molar-refractivity contribution is 6.34. The molecule has 0 aliphatic heterocycles. The van der Waals surface area contributed by atoms with Crippen LogP contribution >= 0.6 is 0 Å². The van der Waals surface area contributed by atoms with Crippen molar-refractivity contribution >= 4 is 71.1 Å². The van der Waals surface area contributed by atoms with E-state index in [0.29, 0.717) is 0 Å². The lowest BCUT2D eigenvalue weighted by Crippen LogP contribution is -1.94. The van der Waals surface area contributed by atoms with Crippen molar-refractivity contribution in [2.24, 2.45) is 7.05 Å². The first-order valence-corrected chi connectivity index (χ1v) is 14.1. The highest BCUT2D eigenvalue weighted by atomic mass is 15.1. The van der Waals surface area contributed by atoms with Gasteiger partial charge in [-0.05, 0) is 54.6 Å². The van der Waals surface area contributed by atoms with Gasteiger partial charge in [-0.25, -0.2) is 0 Å². The summed E-state index contributed by atoms with van der Waals surface area (Å²) in [6.45, 7) is 0. The summed E-state index contributed by atoms with van der Waals surface area (Å²) in [6, 6.07) is 44.1. The van der Waals surface area contributed by atoms with Crippen LogP contribution < -0.4 is 0 Å². The van der Waals surface area contributed by atoms with Crippen LogP contribution in [0.5, 0.6) is 0 Å². The minimum atomic E-state index is 1.17. The molecule has 0 N–H and O–H groups in total. The van der Waals surface area contributed by atoms with Gasteiger partial charge in [0.2, 0.25) is 0 Å². The van der Waals surface area contributed by atoms with Crippen molar-refractivity contribution in [1.29, 1.82) is 0 Å². The lowest BCUT2D eigenvalue weighted by molar-refractivity contribution is 1.01. The van der Waals surface area contributed by atoms with E-state index >= 15 is 0 Å². The van der Waals surface area contributed by atoms with Gasteiger partial charge >= 0.3 is 0 Å². The van der Waals surface area contributed by atoms with Crippen LogP contribution in [0.4, 0.5) is 0 Å². The number of hydrogen-bond acceptors (Lipinski definition) is 0. The molecular formula is C37H24N4. The van der Waals surface area contributed by atoms with E-state index < -0.39 is 0 Å². The maximum atomic E-state index is 2.56. The van der Waals surface area contributed by atoms with E-state index in [2.05, 4.69) is 153 Å². The van der Waals surface area contributed by atoms with Gasteiger partial charge in [-0.15, -0.1) is 0 Å². The number of hydrogen-bond donors (Lipinski definition) is 0. The van der Waals surface area contributed by atoms with Crippen LogP contribution in [0, 0.1) is 0 Å². The topological polar surface area (TPSA) is 19.2 Å². The van der Waals surface area contributed by atoms with Gasteiger partial charge in [0, 0.05) is 57.1 Å². The molecule has 5 heterocycles. The molecule has 0 saturated carbocycles. The molecule has 0 saturated heterocycles. The number of benzene rings is 5. The van der Waals surface area contributed by atoms with Gasteiger partial charge in [0.1, 0.15) is 0 Å². The number of rotatable bonds is 2.